The Hall–Kier alpha value is -0.0800. The molecule has 2 nitrogen and oxygen atoms in total. The first-order chi connectivity index (χ1) is 3.55. The van der Waals surface area contributed by atoms with Crippen LogP contribution in [0.2, 0.25) is 0 Å². The number of rotatable bonds is 2. The number of aliphatic hydroxyl groups excluding tert-OH is 1. The molecule has 0 aliphatic carbocycles. The van der Waals surface area contributed by atoms with Gasteiger partial charge in [-0.25, -0.2) is 0 Å². The molecule has 2 heteroatoms. The lowest BCUT2D eigenvalue weighted by Crippen LogP contribution is -2.35. The van der Waals surface area contributed by atoms with Gasteiger partial charge in [0.15, 0.2) is 0 Å². The van der Waals surface area contributed by atoms with Crippen molar-refractivity contribution in [3.05, 3.63) is 0 Å². The van der Waals surface area contributed by atoms with Crippen LogP contribution in [0.5, 0.6) is 0 Å². The molecule has 0 saturated carbocycles. The average Bonchev–Trinajstić information content (AvgIpc) is 1.64. The van der Waals surface area contributed by atoms with Crippen LogP contribution in [-0.4, -0.2) is 17.3 Å². The average molecular weight is 117 g/mol. The zero-order chi connectivity index (χ0) is 6.73. The molecule has 0 aliphatic rings. The van der Waals surface area contributed by atoms with Gasteiger partial charge < -0.3 is 10.8 Å². The topological polar surface area (TPSA) is 46.2 Å². The van der Waals surface area contributed by atoms with Crippen molar-refractivity contribution in [3.8, 4) is 0 Å². The molecule has 0 aromatic carbocycles. The van der Waals surface area contributed by atoms with Gasteiger partial charge in [0.1, 0.15) is 0 Å². The first-order valence-electron chi connectivity index (χ1n) is 2.99. The van der Waals surface area contributed by atoms with Gasteiger partial charge in [0.25, 0.3) is 0 Å². The number of aliphatic hydroxyl groups is 1. The summed E-state index contributed by atoms with van der Waals surface area (Å²) in [7, 11) is 0. The second-order valence-electron chi connectivity index (χ2n) is 2.59. The molecule has 0 saturated heterocycles. The molecule has 0 rings (SSSR count). The van der Waals surface area contributed by atoms with Crippen molar-refractivity contribution < 1.29 is 5.11 Å². The lowest BCUT2D eigenvalue weighted by Gasteiger charge is -2.17. The van der Waals surface area contributed by atoms with E-state index in [9.17, 15) is 0 Å². The van der Waals surface area contributed by atoms with Gasteiger partial charge in [-0.05, 0) is 12.8 Å². The highest BCUT2D eigenvalue weighted by Crippen LogP contribution is 2.02. The number of hydrogen-bond acceptors (Lipinski definition) is 2. The first kappa shape index (κ1) is 7.92. The maximum Gasteiger partial charge on any atom is 0.0711 e. The summed E-state index contributed by atoms with van der Waals surface area (Å²) < 4.78 is 0. The molecule has 0 radical (unpaired) electrons. The minimum absolute atomic E-state index is 0.102. The summed E-state index contributed by atoms with van der Waals surface area (Å²) in [4.78, 5) is 0. The van der Waals surface area contributed by atoms with E-state index in [1.54, 1.807) is 0 Å². The van der Waals surface area contributed by atoms with Gasteiger partial charge in [-0.3, -0.25) is 0 Å². The molecular formula is C6H15NO. The third kappa shape index (κ3) is 2.28. The second-order valence-corrected chi connectivity index (χ2v) is 2.59. The van der Waals surface area contributed by atoms with E-state index in [4.69, 9.17) is 10.8 Å². The Morgan fingerprint density at radius 3 is 1.62 bits per heavy atom. The van der Waals surface area contributed by atoms with Crippen molar-refractivity contribution in [2.24, 2.45) is 11.7 Å². The molecule has 0 spiro atoms. The molecule has 0 aromatic rings. The SMILES string of the molecule is CC(C)C(O)[C@@H](C)N. The van der Waals surface area contributed by atoms with Crippen LogP contribution in [0.3, 0.4) is 0 Å². The maximum atomic E-state index is 9.08. The van der Waals surface area contributed by atoms with Crippen LogP contribution in [0.25, 0.3) is 0 Å². The molecular weight excluding hydrogens is 102 g/mol. The Bertz CT molecular complexity index is 53.5. The summed E-state index contributed by atoms with van der Waals surface area (Å²) in [5.41, 5.74) is 5.39. The van der Waals surface area contributed by atoms with Crippen LogP contribution in [0, 0.1) is 5.92 Å². The maximum absolute atomic E-state index is 9.08. The Kier molecular flexibility index (Phi) is 3.02. The van der Waals surface area contributed by atoms with Crippen LogP contribution >= 0.6 is 0 Å². The van der Waals surface area contributed by atoms with Crippen molar-refractivity contribution in [2.75, 3.05) is 0 Å². The van der Waals surface area contributed by atoms with Gasteiger partial charge in [0.05, 0.1) is 6.10 Å². The summed E-state index contributed by atoms with van der Waals surface area (Å²) in [6, 6.07) is -0.102. The second kappa shape index (κ2) is 3.05. The fourth-order valence-corrected chi connectivity index (χ4v) is 0.607. The standard InChI is InChI=1S/C6H15NO/c1-4(2)6(8)5(3)7/h4-6,8H,7H2,1-3H3/t5-,6?/m1/s1. The minimum Gasteiger partial charge on any atom is -0.391 e. The highest BCUT2D eigenvalue weighted by Gasteiger charge is 2.12. The molecule has 0 aliphatic heterocycles. The van der Waals surface area contributed by atoms with Gasteiger partial charge in [-0.1, -0.05) is 13.8 Å². The Balaban J connectivity index is 3.46. The minimum atomic E-state index is -0.352. The van der Waals surface area contributed by atoms with Crippen molar-refractivity contribution in [2.45, 2.75) is 32.9 Å². The smallest absolute Gasteiger partial charge is 0.0711 e. The van der Waals surface area contributed by atoms with E-state index >= 15 is 0 Å². The van der Waals surface area contributed by atoms with Crippen molar-refractivity contribution in [1.82, 2.24) is 0 Å². The molecule has 0 bridgehead atoms. The zero-order valence-corrected chi connectivity index (χ0v) is 5.76. The third-order valence-electron chi connectivity index (χ3n) is 1.22. The van der Waals surface area contributed by atoms with E-state index in [0.717, 1.165) is 0 Å². The summed E-state index contributed by atoms with van der Waals surface area (Å²) in [5, 5.41) is 9.08. The van der Waals surface area contributed by atoms with E-state index in [-0.39, 0.29) is 18.1 Å². The van der Waals surface area contributed by atoms with Crippen LogP contribution in [-0.2, 0) is 0 Å². The van der Waals surface area contributed by atoms with Gasteiger partial charge in [0, 0.05) is 6.04 Å². The Morgan fingerprint density at radius 1 is 1.25 bits per heavy atom. The van der Waals surface area contributed by atoms with E-state index < -0.39 is 0 Å². The van der Waals surface area contributed by atoms with E-state index in [1.165, 1.54) is 0 Å². The lowest BCUT2D eigenvalue weighted by atomic mass is 10.0. The zero-order valence-electron chi connectivity index (χ0n) is 5.76. The van der Waals surface area contributed by atoms with Crippen LogP contribution in [0.1, 0.15) is 20.8 Å². The van der Waals surface area contributed by atoms with Crippen LogP contribution in [0.4, 0.5) is 0 Å². The van der Waals surface area contributed by atoms with Gasteiger partial charge >= 0.3 is 0 Å². The van der Waals surface area contributed by atoms with Gasteiger partial charge in [-0.2, -0.15) is 0 Å². The van der Waals surface area contributed by atoms with Crippen molar-refractivity contribution in [1.29, 1.82) is 0 Å². The monoisotopic (exact) mass is 117 g/mol. The van der Waals surface area contributed by atoms with E-state index in [0.29, 0.717) is 0 Å². The molecule has 2 atom stereocenters. The normalized spacial score (nSPS) is 18.8. The summed E-state index contributed by atoms with van der Waals surface area (Å²) >= 11 is 0. The van der Waals surface area contributed by atoms with E-state index in [1.807, 2.05) is 20.8 Å². The van der Waals surface area contributed by atoms with Gasteiger partial charge in [-0.15, -0.1) is 0 Å². The Morgan fingerprint density at radius 2 is 1.62 bits per heavy atom. The highest BCUT2D eigenvalue weighted by molar-refractivity contribution is 4.68. The predicted molar refractivity (Wildman–Crippen MR) is 34.5 cm³/mol. The molecule has 8 heavy (non-hydrogen) atoms. The predicted octanol–water partition coefficient (Wildman–Crippen LogP) is 0.350. The largest absolute Gasteiger partial charge is 0.391 e. The molecule has 50 valence electrons. The quantitative estimate of drug-likeness (QED) is 0.548. The molecule has 0 amide bonds. The number of nitrogens with two attached hydrogens (primary N) is 1. The highest BCUT2D eigenvalue weighted by atomic mass is 16.3. The molecule has 0 fully saturated rings. The summed E-state index contributed by atoms with van der Waals surface area (Å²) in [5.74, 6) is 0.273. The Labute approximate surface area is 50.7 Å². The van der Waals surface area contributed by atoms with E-state index in [2.05, 4.69) is 0 Å². The van der Waals surface area contributed by atoms with Gasteiger partial charge in [0.2, 0.25) is 0 Å². The van der Waals surface area contributed by atoms with Crippen molar-refractivity contribution >= 4 is 0 Å². The lowest BCUT2D eigenvalue weighted by molar-refractivity contribution is 0.104. The molecule has 3 N–H and O–H groups in total. The number of hydrogen-bond donors (Lipinski definition) is 2. The molecule has 1 unspecified atom stereocenters. The fourth-order valence-electron chi connectivity index (χ4n) is 0.607. The van der Waals surface area contributed by atoms with Crippen LogP contribution < -0.4 is 5.73 Å². The fraction of sp³-hybridized carbons (Fsp3) is 1.00. The summed E-state index contributed by atoms with van der Waals surface area (Å²) in [6.45, 7) is 5.72. The van der Waals surface area contributed by atoms with Crippen LogP contribution in [0.15, 0.2) is 0 Å². The first-order valence-corrected chi connectivity index (χ1v) is 2.99. The molecule has 0 aromatic heterocycles. The van der Waals surface area contributed by atoms with Crippen molar-refractivity contribution in [3.63, 3.8) is 0 Å². The third-order valence-corrected chi connectivity index (χ3v) is 1.22. The summed E-state index contributed by atoms with van der Waals surface area (Å²) in [6.07, 6.45) is -0.352. The molecule has 0 heterocycles.